The molecule has 0 unspecified atom stereocenters. The summed E-state index contributed by atoms with van der Waals surface area (Å²) in [4.78, 5) is 3.70. The molecule has 2 aromatic rings. The number of amidine groups is 1. The molecule has 1 heterocycles. The molecule has 3 N–H and O–H groups in total. The molecule has 1 aromatic heterocycles. The molecular formula is C16H18FN3S. The van der Waals surface area contributed by atoms with Crippen LogP contribution in [0, 0.1) is 11.2 Å². The number of nitrogens with two attached hydrogens (primary N) is 1. The number of thiophene rings is 1. The quantitative estimate of drug-likeness (QED) is 0.635. The van der Waals surface area contributed by atoms with Crippen LogP contribution in [0.3, 0.4) is 0 Å². The number of nitrogens with one attached hydrogen (secondary N) is 1. The van der Waals surface area contributed by atoms with E-state index in [4.69, 9.17) is 11.1 Å². The highest BCUT2D eigenvalue weighted by Crippen LogP contribution is 2.30. The SMILES string of the molecule is N=C(N)c1cc(F)cc(CN(Cc2cccs2)C2CC2)c1. The molecule has 0 atom stereocenters. The lowest BCUT2D eigenvalue weighted by Crippen LogP contribution is -2.25. The summed E-state index contributed by atoms with van der Waals surface area (Å²) >= 11 is 1.75. The predicted molar refractivity (Wildman–Crippen MR) is 84.0 cm³/mol. The van der Waals surface area contributed by atoms with Gasteiger partial charge in [-0.25, -0.2) is 4.39 Å². The minimum atomic E-state index is -0.329. The fourth-order valence-corrected chi connectivity index (χ4v) is 3.22. The average molecular weight is 303 g/mol. The Morgan fingerprint density at radius 1 is 1.33 bits per heavy atom. The summed E-state index contributed by atoms with van der Waals surface area (Å²) in [7, 11) is 0. The minimum Gasteiger partial charge on any atom is -0.384 e. The van der Waals surface area contributed by atoms with Crippen molar-refractivity contribution in [2.24, 2.45) is 5.73 Å². The van der Waals surface area contributed by atoms with E-state index in [0.717, 1.165) is 12.1 Å². The first-order chi connectivity index (χ1) is 10.1. The summed E-state index contributed by atoms with van der Waals surface area (Å²) < 4.78 is 13.7. The van der Waals surface area contributed by atoms with Gasteiger partial charge in [0.2, 0.25) is 0 Å². The Kier molecular flexibility index (Phi) is 4.03. The van der Waals surface area contributed by atoms with Gasteiger partial charge in [-0.05, 0) is 48.1 Å². The van der Waals surface area contributed by atoms with E-state index in [1.165, 1.54) is 29.9 Å². The molecule has 0 saturated heterocycles. The van der Waals surface area contributed by atoms with Crippen LogP contribution in [0.15, 0.2) is 35.7 Å². The average Bonchev–Trinajstić information content (AvgIpc) is 3.16. The molecule has 3 nitrogen and oxygen atoms in total. The fourth-order valence-electron chi connectivity index (χ4n) is 2.49. The number of rotatable bonds is 6. The monoisotopic (exact) mass is 303 g/mol. The van der Waals surface area contributed by atoms with E-state index in [9.17, 15) is 4.39 Å². The molecule has 1 aliphatic rings. The van der Waals surface area contributed by atoms with Gasteiger partial charge in [-0.2, -0.15) is 0 Å². The highest BCUT2D eigenvalue weighted by Gasteiger charge is 2.29. The van der Waals surface area contributed by atoms with E-state index < -0.39 is 0 Å². The topological polar surface area (TPSA) is 53.1 Å². The maximum absolute atomic E-state index is 13.7. The maximum Gasteiger partial charge on any atom is 0.124 e. The van der Waals surface area contributed by atoms with Gasteiger partial charge in [0, 0.05) is 29.6 Å². The number of hydrogen-bond acceptors (Lipinski definition) is 3. The first kappa shape index (κ1) is 14.2. The molecule has 0 radical (unpaired) electrons. The highest BCUT2D eigenvalue weighted by atomic mass is 32.1. The minimum absolute atomic E-state index is 0.0908. The van der Waals surface area contributed by atoms with Gasteiger partial charge in [0.15, 0.2) is 0 Å². The molecule has 1 aliphatic carbocycles. The molecular weight excluding hydrogens is 285 g/mol. The van der Waals surface area contributed by atoms with Gasteiger partial charge in [0.1, 0.15) is 11.7 Å². The van der Waals surface area contributed by atoms with Crippen molar-refractivity contribution in [1.29, 1.82) is 5.41 Å². The molecule has 0 amide bonds. The number of halogens is 1. The van der Waals surface area contributed by atoms with Crippen molar-refractivity contribution in [3.8, 4) is 0 Å². The summed E-state index contributed by atoms with van der Waals surface area (Å²) in [6.45, 7) is 1.59. The van der Waals surface area contributed by atoms with E-state index in [1.807, 2.05) is 6.07 Å². The van der Waals surface area contributed by atoms with Gasteiger partial charge < -0.3 is 5.73 Å². The van der Waals surface area contributed by atoms with Crippen molar-refractivity contribution in [3.05, 3.63) is 57.5 Å². The van der Waals surface area contributed by atoms with Crippen LogP contribution in [0.4, 0.5) is 4.39 Å². The van der Waals surface area contributed by atoms with Crippen LogP contribution in [-0.4, -0.2) is 16.8 Å². The maximum atomic E-state index is 13.7. The number of nitrogens with zero attached hydrogens (tertiary/aromatic N) is 1. The first-order valence-corrected chi connectivity index (χ1v) is 7.90. The fraction of sp³-hybridized carbons (Fsp3) is 0.312. The third-order valence-electron chi connectivity index (χ3n) is 3.66. The Morgan fingerprint density at radius 3 is 2.76 bits per heavy atom. The standard InChI is InChI=1S/C16H18FN3S/c17-13-7-11(6-12(8-13)16(18)19)9-20(14-3-4-14)10-15-2-1-5-21-15/h1-2,5-8,14H,3-4,9-10H2,(H3,18,19). The summed E-state index contributed by atoms with van der Waals surface area (Å²) in [6.07, 6.45) is 2.42. The molecule has 1 fully saturated rings. The van der Waals surface area contributed by atoms with E-state index in [1.54, 1.807) is 11.3 Å². The zero-order valence-corrected chi connectivity index (χ0v) is 12.5. The summed E-state index contributed by atoms with van der Waals surface area (Å²) in [6, 6.07) is 9.45. The largest absolute Gasteiger partial charge is 0.384 e. The van der Waals surface area contributed by atoms with Crippen LogP contribution in [-0.2, 0) is 13.1 Å². The molecule has 0 spiro atoms. The van der Waals surface area contributed by atoms with Crippen LogP contribution < -0.4 is 5.73 Å². The summed E-state index contributed by atoms with van der Waals surface area (Å²) in [5, 5.41) is 9.55. The van der Waals surface area contributed by atoms with Gasteiger partial charge in [0.05, 0.1) is 0 Å². The van der Waals surface area contributed by atoms with Crippen molar-refractivity contribution < 1.29 is 4.39 Å². The van der Waals surface area contributed by atoms with E-state index >= 15 is 0 Å². The number of benzene rings is 1. The molecule has 0 bridgehead atoms. The third kappa shape index (κ3) is 3.68. The lowest BCUT2D eigenvalue weighted by atomic mass is 10.1. The van der Waals surface area contributed by atoms with E-state index in [0.29, 0.717) is 18.2 Å². The van der Waals surface area contributed by atoms with Gasteiger partial charge in [-0.15, -0.1) is 11.3 Å². The van der Waals surface area contributed by atoms with Crippen molar-refractivity contribution >= 4 is 17.2 Å². The van der Waals surface area contributed by atoms with Crippen molar-refractivity contribution in [3.63, 3.8) is 0 Å². The molecule has 110 valence electrons. The Balaban J connectivity index is 1.78. The zero-order valence-electron chi connectivity index (χ0n) is 11.7. The summed E-state index contributed by atoms with van der Waals surface area (Å²) in [5.74, 6) is -0.420. The van der Waals surface area contributed by atoms with E-state index in [-0.39, 0.29) is 11.7 Å². The molecule has 21 heavy (non-hydrogen) atoms. The second-order valence-electron chi connectivity index (χ2n) is 5.48. The Morgan fingerprint density at radius 2 is 2.14 bits per heavy atom. The zero-order chi connectivity index (χ0) is 14.8. The van der Waals surface area contributed by atoms with Gasteiger partial charge >= 0.3 is 0 Å². The van der Waals surface area contributed by atoms with Crippen molar-refractivity contribution in [1.82, 2.24) is 4.90 Å². The van der Waals surface area contributed by atoms with Crippen LogP contribution >= 0.6 is 11.3 Å². The van der Waals surface area contributed by atoms with Crippen LogP contribution in [0.2, 0.25) is 0 Å². The third-order valence-corrected chi connectivity index (χ3v) is 4.52. The molecule has 0 aliphatic heterocycles. The van der Waals surface area contributed by atoms with Crippen LogP contribution in [0.25, 0.3) is 0 Å². The number of nitrogen functional groups attached to an aromatic ring is 1. The Hall–Kier alpha value is -1.72. The van der Waals surface area contributed by atoms with Crippen molar-refractivity contribution in [2.75, 3.05) is 0 Å². The van der Waals surface area contributed by atoms with Gasteiger partial charge in [-0.3, -0.25) is 10.3 Å². The Bertz CT molecular complexity index is 635. The first-order valence-electron chi connectivity index (χ1n) is 7.02. The second kappa shape index (κ2) is 5.95. The number of hydrogen-bond donors (Lipinski definition) is 2. The predicted octanol–water partition coefficient (Wildman–Crippen LogP) is 3.34. The molecule has 1 aromatic carbocycles. The van der Waals surface area contributed by atoms with Gasteiger partial charge in [-0.1, -0.05) is 6.07 Å². The molecule has 5 heteroatoms. The van der Waals surface area contributed by atoms with Crippen LogP contribution in [0.5, 0.6) is 0 Å². The smallest absolute Gasteiger partial charge is 0.124 e. The lowest BCUT2D eigenvalue weighted by molar-refractivity contribution is 0.247. The van der Waals surface area contributed by atoms with E-state index in [2.05, 4.69) is 22.4 Å². The summed E-state index contributed by atoms with van der Waals surface area (Å²) in [5.41, 5.74) is 6.80. The second-order valence-corrected chi connectivity index (χ2v) is 6.51. The molecule has 1 saturated carbocycles. The molecule has 3 rings (SSSR count). The highest BCUT2D eigenvalue weighted by molar-refractivity contribution is 7.09. The van der Waals surface area contributed by atoms with Crippen molar-refractivity contribution in [2.45, 2.75) is 32.0 Å². The van der Waals surface area contributed by atoms with Gasteiger partial charge in [0.25, 0.3) is 0 Å². The normalized spacial score (nSPS) is 14.6. The Labute approximate surface area is 127 Å². The van der Waals surface area contributed by atoms with Crippen LogP contribution in [0.1, 0.15) is 28.8 Å². The lowest BCUT2D eigenvalue weighted by Gasteiger charge is -2.21.